The number of carbonyl (C=O) groups excluding carboxylic acids is 1. The number of amides is 1. The van der Waals surface area contributed by atoms with Gasteiger partial charge in [-0.25, -0.2) is 13.4 Å². The second kappa shape index (κ2) is 14.1. The molecule has 7 nitrogen and oxygen atoms in total. The highest BCUT2D eigenvalue weighted by Gasteiger charge is 2.27. The number of thioether (sulfide) groups is 1. The molecule has 0 spiro atoms. The number of hydrogen-bond acceptors (Lipinski definition) is 7. The van der Waals surface area contributed by atoms with Crippen LogP contribution in [0.3, 0.4) is 0 Å². The second-order valence-corrected chi connectivity index (χ2v) is 14.0. The summed E-state index contributed by atoms with van der Waals surface area (Å²) in [5.41, 5.74) is 1.33. The zero-order valence-electron chi connectivity index (χ0n) is 23.2. The van der Waals surface area contributed by atoms with Crippen LogP contribution in [0, 0.1) is 11.8 Å². The number of aromatic nitrogens is 1. The van der Waals surface area contributed by atoms with Crippen molar-refractivity contribution < 1.29 is 13.2 Å². The number of para-hydroxylation sites is 1. The molecule has 210 valence electrons. The Morgan fingerprint density at radius 2 is 1.58 bits per heavy atom. The summed E-state index contributed by atoms with van der Waals surface area (Å²) < 4.78 is 29.4. The zero-order valence-corrected chi connectivity index (χ0v) is 26.4. The molecule has 0 aliphatic heterocycles. The molecule has 0 aliphatic carbocycles. The number of anilines is 1. The minimum atomic E-state index is -3.66. The van der Waals surface area contributed by atoms with Crippen molar-refractivity contribution in [2.45, 2.75) is 37.5 Å². The first kappa shape index (κ1) is 32.5. The smallest absolute Gasteiger partial charge is 0.260 e. The fourth-order valence-electron chi connectivity index (χ4n) is 3.94. The van der Waals surface area contributed by atoms with E-state index < -0.39 is 10.0 Å². The van der Waals surface area contributed by atoms with Crippen LogP contribution >= 0.6 is 35.5 Å². The summed E-state index contributed by atoms with van der Waals surface area (Å²) in [6.07, 6.45) is 2.02. The van der Waals surface area contributed by atoms with Gasteiger partial charge in [-0.05, 0) is 68.6 Å². The van der Waals surface area contributed by atoms with E-state index >= 15 is 0 Å². The molecular weight excluding hydrogens is 560 g/mol. The van der Waals surface area contributed by atoms with E-state index in [1.165, 1.54) is 11.3 Å². The van der Waals surface area contributed by atoms with Gasteiger partial charge in [0, 0.05) is 36.6 Å². The van der Waals surface area contributed by atoms with Gasteiger partial charge in [0.1, 0.15) is 0 Å². The number of carbonyl (C=O) groups is 1. The van der Waals surface area contributed by atoms with E-state index in [0.29, 0.717) is 36.9 Å². The summed E-state index contributed by atoms with van der Waals surface area (Å²) in [5.74, 6) is 0.219. The van der Waals surface area contributed by atoms with Gasteiger partial charge in [-0.3, -0.25) is 9.69 Å². The van der Waals surface area contributed by atoms with Crippen LogP contribution in [0.2, 0.25) is 0 Å². The maximum absolute atomic E-state index is 13.7. The molecule has 0 saturated carbocycles. The van der Waals surface area contributed by atoms with Crippen molar-refractivity contribution in [1.29, 1.82) is 0 Å². The van der Waals surface area contributed by atoms with Crippen LogP contribution in [0.4, 0.5) is 5.13 Å². The van der Waals surface area contributed by atoms with E-state index in [1.807, 2.05) is 71.1 Å². The molecule has 0 fully saturated rings. The number of nitrogens with zero attached hydrogens (tertiary/aromatic N) is 4. The van der Waals surface area contributed by atoms with Gasteiger partial charge in [-0.2, -0.15) is 4.31 Å². The van der Waals surface area contributed by atoms with E-state index in [9.17, 15) is 13.2 Å². The third-order valence-electron chi connectivity index (χ3n) is 5.71. The topological polar surface area (TPSA) is 73.8 Å². The first-order chi connectivity index (χ1) is 17.4. The Morgan fingerprint density at radius 3 is 2.11 bits per heavy atom. The molecule has 0 unspecified atom stereocenters. The quantitative estimate of drug-likeness (QED) is 0.240. The lowest BCUT2D eigenvalue weighted by Crippen LogP contribution is -2.37. The molecule has 2 aromatic carbocycles. The van der Waals surface area contributed by atoms with Crippen LogP contribution in [-0.2, 0) is 10.0 Å². The van der Waals surface area contributed by atoms with Crippen LogP contribution in [0.15, 0.2) is 52.3 Å². The Morgan fingerprint density at radius 1 is 0.974 bits per heavy atom. The fraction of sp³-hybridized carbons (Fsp3) is 0.481. The number of sulfonamides is 1. The van der Waals surface area contributed by atoms with E-state index in [4.69, 9.17) is 4.98 Å². The molecule has 3 aromatic rings. The largest absolute Gasteiger partial charge is 0.308 e. The van der Waals surface area contributed by atoms with Gasteiger partial charge in [-0.15, -0.1) is 24.2 Å². The summed E-state index contributed by atoms with van der Waals surface area (Å²) in [7, 11) is 0.266. The minimum Gasteiger partial charge on any atom is -0.308 e. The Hall–Kier alpha value is -1.69. The lowest BCUT2D eigenvalue weighted by Gasteiger charge is -2.26. The van der Waals surface area contributed by atoms with Gasteiger partial charge in [0.05, 0.1) is 15.1 Å². The predicted octanol–water partition coefficient (Wildman–Crippen LogP) is 5.95. The highest BCUT2D eigenvalue weighted by atomic mass is 35.5. The highest BCUT2D eigenvalue weighted by Crippen LogP contribution is 2.34. The second-order valence-electron chi connectivity index (χ2n) is 10.2. The average Bonchev–Trinajstić information content (AvgIpc) is 3.27. The Labute approximate surface area is 242 Å². The van der Waals surface area contributed by atoms with E-state index in [0.717, 1.165) is 15.1 Å². The summed E-state index contributed by atoms with van der Waals surface area (Å²) in [6.45, 7) is 10.1. The number of halogens is 1. The lowest BCUT2D eigenvalue weighted by molar-refractivity contribution is 0.0985. The van der Waals surface area contributed by atoms with Crippen molar-refractivity contribution in [3.8, 4) is 0 Å². The maximum atomic E-state index is 13.7. The summed E-state index contributed by atoms with van der Waals surface area (Å²) in [6, 6.07) is 12.4. The van der Waals surface area contributed by atoms with Crippen molar-refractivity contribution in [3.05, 3.63) is 48.0 Å². The third-order valence-corrected chi connectivity index (χ3v) is 9.37. The lowest BCUT2D eigenvalue weighted by atomic mass is 10.2. The molecule has 0 radical (unpaired) electrons. The van der Waals surface area contributed by atoms with E-state index in [1.54, 1.807) is 45.2 Å². The molecule has 1 amide bonds. The molecule has 0 N–H and O–H groups in total. The number of thiazole rings is 1. The molecule has 3 rings (SSSR count). The van der Waals surface area contributed by atoms with E-state index in [-0.39, 0.29) is 35.0 Å². The SMILES string of the molecule is CSc1cccc2sc(N(CCN(C)C)C(=O)c3ccc(S(=O)(=O)N(CC(C)C)CC(C)C)cc3)nc12.Cl. The summed E-state index contributed by atoms with van der Waals surface area (Å²) in [4.78, 5) is 23.5. The van der Waals surface area contributed by atoms with Gasteiger partial charge >= 0.3 is 0 Å². The van der Waals surface area contributed by atoms with Crippen molar-refractivity contribution in [3.63, 3.8) is 0 Å². The van der Waals surface area contributed by atoms with Crippen LogP contribution in [0.1, 0.15) is 38.1 Å². The molecule has 38 heavy (non-hydrogen) atoms. The van der Waals surface area contributed by atoms with Gasteiger partial charge in [0.2, 0.25) is 10.0 Å². The van der Waals surface area contributed by atoms with Crippen molar-refractivity contribution in [2.75, 3.05) is 51.4 Å². The monoisotopic (exact) mass is 598 g/mol. The highest BCUT2D eigenvalue weighted by molar-refractivity contribution is 7.98. The van der Waals surface area contributed by atoms with E-state index in [2.05, 4.69) is 0 Å². The number of hydrogen-bond donors (Lipinski definition) is 0. The maximum Gasteiger partial charge on any atom is 0.260 e. The number of rotatable bonds is 12. The van der Waals surface area contributed by atoms with Crippen molar-refractivity contribution in [2.24, 2.45) is 11.8 Å². The number of fused-ring (bicyclic) bond motifs is 1. The fourth-order valence-corrected chi connectivity index (χ4v) is 7.35. The Balaban J connectivity index is 0.00000507. The first-order valence-electron chi connectivity index (χ1n) is 12.4. The van der Waals surface area contributed by atoms with Crippen LogP contribution in [0.25, 0.3) is 10.2 Å². The molecule has 1 aromatic heterocycles. The van der Waals surface area contributed by atoms with Crippen LogP contribution < -0.4 is 4.90 Å². The predicted molar refractivity (Wildman–Crippen MR) is 164 cm³/mol. The minimum absolute atomic E-state index is 0. The van der Waals surface area contributed by atoms with Gasteiger partial charge in [-0.1, -0.05) is 45.1 Å². The summed E-state index contributed by atoms with van der Waals surface area (Å²) >= 11 is 3.12. The molecule has 0 saturated heterocycles. The zero-order chi connectivity index (χ0) is 27.3. The average molecular weight is 599 g/mol. The Kier molecular flexibility index (Phi) is 12.1. The molecule has 0 aliphatic rings. The van der Waals surface area contributed by atoms with Crippen molar-refractivity contribution >= 4 is 66.8 Å². The first-order valence-corrected chi connectivity index (χ1v) is 15.9. The third kappa shape index (κ3) is 7.92. The molecule has 1 heterocycles. The van der Waals surface area contributed by atoms with Crippen LogP contribution in [0.5, 0.6) is 0 Å². The molecular formula is C27H39ClN4O3S3. The standard InChI is InChI=1S/C27H38N4O3S3.ClH/c1-19(2)17-30(18-20(3)4)37(33,34)22-13-11-21(12-14-22)26(32)31(16-15-29(5)6)27-28-25-23(35-7)9-8-10-24(25)36-27;/h8-14,19-20H,15-18H2,1-7H3;1H. The van der Waals surface area contributed by atoms with Gasteiger partial charge in [0.25, 0.3) is 5.91 Å². The van der Waals surface area contributed by atoms with Gasteiger partial charge < -0.3 is 4.90 Å². The number of likely N-dealkylation sites (N-methyl/N-ethyl adjacent to an activating group) is 1. The summed E-state index contributed by atoms with van der Waals surface area (Å²) in [5, 5.41) is 0.639. The van der Waals surface area contributed by atoms with Crippen molar-refractivity contribution in [1.82, 2.24) is 14.2 Å². The Bertz CT molecular complexity index is 1300. The van der Waals surface area contributed by atoms with Gasteiger partial charge in [0.15, 0.2) is 5.13 Å². The molecule has 0 atom stereocenters. The number of benzene rings is 2. The molecule has 0 bridgehead atoms. The normalized spacial score (nSPS) is 12.1. The van der Waals surface area contributed by atoms with Crippen LogP contribution in [-0.4, -0.2) is 75.0 Å². The molecule has 11 heteroatoms.